The monoisotopic (exact) mass is 428 g/mol. The molecule has 0 spiro atoms. The molecule has 1 atom stereocenters. The van der Waals surface area contributed by atoms with E-state index >= 15 is 0 Å². The van der Waals surface area contributed by atoms with Crippen molar-refractivity contribution in [2.45, 2.75) is 39.3 Å². The summed E-state index contributed by atoms with van der Waals surface area (Å²) in [6, 6.07) is 10.2. The zero-order valence-corrected chi connectivity index (χ0v) is 17.0. The molecule has 0 aromatic heterocycles. The van der Waals surface area contributed by atoms with E-state index in [1.165, 1.54) is 17.9 Å². The number of halogens is 3. The largest absolute Gasteiger partial charge is 0.416 e. The SMILES string of the molecule is C/C(=N/NC(=O)CC#N)C1C(=O)N(c2cc(C)cc(C)c2)c2cc(C(F)(F)F)ccc21. The Hall–Kier alpha value is -3.67. The third-order valence-electron chi connectivity index (χ3n) is 4.86. The highest BCUT2D eigenvalue weighted by atomic mass is 19.4. The molecule has 9 heteroatoms. The van der Waals surface area contributed by atoms with Crippen LogP contribution in [0.4, 0.5) is 24.5 Å². The number of rotatable bonds is 4. The lowest BCUT2D eigenvalue weighted by Crippen LogP contribution is -2.28. The fourth-order valence-corrected chi connectivity index (χ4v) is 3.61. The summed E-state index contributed by atoms with van der Waals surface area (Å²) in [5, 5.41) is 12.5. The van der Waals surface area contributed by atoms with Crippen molar-refractivity contribution in [3.8, 4) is 6.07 Å². The first-order valence-electron chi connectivity index (χ1n) is 9.36. The van der Waals surface area contributed by atoms with Crippen LogP contribution in [0.5, 0.6) is 0 Å². The standard InChI is InChI=1S/C22H19F3N4O2/c1-12-8-13(2)10-16(9-12)29-18-11-15(22(23,24)25)4-5-17(18)20(21(29)31)14(3)27-28-19(30)6-7-26/h4-5,8-11,20H,6H2,1-3H3,(H,28,30)/b27-14-. The van der Waals surface area contributed by atoms with Gasteiger partial charge in [-0.15, -0.1) is 0 Å². The summed E-state index contributed by atoms with van der Waals surface area (Å²) in [5.74, 6) is -2.10. The van der Waals surface area contributed by atoms with Crippen LogP contribution in [-0.4, -0.2) is 17.5 Å². The molecule has 0 aliphatic carbocycles. The Bertz CT molecular complexity index is 1110. The van der Waals surface area contributed by atoms with Crippen LogP contribution in [0.15, 0.2) is 41.5 Å². The van der Waals surface area contributed by atoms with Crippen molar-refractivity contribution < 1.29 is 22.8 Å². The van der Waals surface area contributed by atoms with Crippen LogP contribution in [0.3, 0.4) is 0 Å². The number of hydrogen-bond acceptors (Lipinski definition) is 4. The van der Waals surface area contributed by atoms with Gasteiger partial charge in [-0.25, -0.2) is 5.43 Å². The van der Waals surface area contributed by atoms with Gasteiger partial charge in [-0.2, -0.15) is 23.5 Å². The van der Waals surface area contributed by atoms with Crippen molar-refractivity contribution >= 4 is 28.9 Å². The summed E-state index contributed by atoms with van der Waals surface area (Å²) in [4.78, 5) is 26.2. The van der Waals surface area contributed by atoms with Crippen LogP contribution in [0.25, 0.3) is 0 Å². The van der Waals surface area contributed by atoms with Crippen LogP contribution < -0.4 is 10.3 Å². The molecule has 2 aromatic rings. The molecule has 2 amide bonds. The number of fused-ring (bicyclic) bond motifs is 1. The molecular formula is C22H19F3N4O2. The number of hydrogen-bond donors (Lipinski definition) is 1. The maximum Gasteiger partial charge on any atom is 0.416 e. The molecule has 1 N–H and O–H groups in total. The van der Waals surface area contributed by atoms with Gasteiger partial charge in [0.1, 0.15) is 12.3 Å². The summed E-state index contributed by atoms with van der Waals surface area (Å²) >= 11 is 0. The molecule has 0 bridgehead atoms. The predicted molar refractivity (Wildman–Crippen MR) is 109 cm³/mol. The molecule has 1 unspecified atom stereocenters. The average molecular weight is 428 g/mol. The van der Waals surface area contributed by atoms with E-state index in [2.05, 4.69) is 10.5 Å². The van der Waals surface area contributed by atoms with Gasteiger partial charge >= 0.3 is 6.18 Å². The zero-order valence-electron chi connectivity index (χ0n) is 17.0. The lowest BCUT2D eigenvalue weighted by Gasteiger charge is -2.20. The minimum Gasteiger partial charge on any atom is -0.280 e. The van der Waals surface area contributed by atoms with Crippen LogP contribution in [0.2, 0.25) is 0 Å². The number of alkyl halides is 3. The molecule has 0 saturated heterocycles. The van der Waals surface area contributed by atoms with Crippen molar-refractivity contribution in [3.63, 3.8) is 0 Å². The van der Waals surface area contributed by atoms with Crippen LogP contribution in [-0.2, 0) is 15.8 Å². The van der Waals surface area contributed by atoms with E-state index in [-0.39, 0.29) is 11.4 Å². The molecule has 1 heterocycles. The molecule has 31 heavy (non-hydrogen) atoms. The first-order chi connectivity index (χ1) is 14.5. The highest BCUT2D eigenvalue weighted by Crippen LogP contribution is 2.45. The number of anilines is 2. The number of nitrogens with zero attached hydrogens (tertiary/aromatic N) is 3. The number of carbonyl (C=O) groups is 2. The summed E-state index contributed by atoms with van der Waals surface area (Å²) in [6.07, 6.45) is -4.98. The van der Waals surface area contributed by atoms with Gasteiger partial charge in [-0.05, 0) is 61.7 Å². The minimum absolute atomic E-state index is 0.118. The van der Waals surface area contributed by atoms with E-state index in [0.717, 1.165) is 23.3 Å². The van der Waals surface area contributed by atoms with Gasteiger partial charge in [0.2, 0.25) is 5.91 Å². The smallest absolute Gasteiger partial charge is 0.280 e. The number of nitrogens with one attached hydrogen (secondary N) is 1. The van der Waals surface area contributed by atoms with Gasteiger partial charge in [0.05, 0.1) is 23.0 Å². The van der Waals surface area contributed by atoms with Crippen LogP contribution in [0, 0.1) is 25.2 Å². The number of carbonyl (C=O) groups excluding carboxylic acids is 2. The lowest BCUT2D eigenvalue weighted by atomic mass is 9.95. The van der Waals surface area contributed by atoms with Crippen molar-refractivity contribution in [1.82, 2.24) is 5.43 Å². The summed E-state index contributed by atoms with van der Waals surface area (Å²) in [5.41, 5.74) is 4.16. The Kier molecular flexibility index (Phi) is 5.84. The molecular weight excluding hydrogens is 409 g/mol. The van der Waals surface area contributed by atoms with Gasteiger partial charge in [0.25, 0.3) is 5.91 Å². The average Bonchev–Trinajstić information content (AvgIpc) is 2.96. The van der Waals surface area contributed by atoms with Gasteiger partial charge in [0.15, 0.2) is 0 Å². The van der Waals surface area contributed by atoms with Gasteiger partial charge in [0, 0.05) is 5.69 Å². The maximum absolute atomic E-state index is 13.4. The van der Waals surface area contributed by atoms with Gasteiger partial charge in [-0.3, -0.25) is 14.5 Å². The Morgan fingerprint density at radius 1 is 1.19 bits per heavy atom. The number of amides is 2. The number of benzene rings is 2. The van der Waals surface area contributed by atoms with E-state index in [1.807, 2.05) is 19.9 Å². The van der Waals surface area contributed by atoms with Crippen molar-refractivity contribution in [2.24, 2.45) is 5.10 Å². The Labute approximate surface area is 177 Å². The van der Waals surface area contributed by atoms with Crippen molar-refractivity contribution in [2.75, 3.05) is 4.90 Å². The van der Waals surface area contributed by atoms with E-state index in [4.69, 9.17) is 5.26 Å². The predicted octanol–water partition coefficient (Wildman–Crippen LogP) is 4.49. The first kappa shape index (κ1) is 22.0. The second-order valence-electron chi connectivity index (χ2n) is 7.35. The molecule has 1 aliphatic rings. The van der Waals surface area contributed by atoms with E-state index < -0.39 is 35.9 Å². The molecule has 0 fully saturated rings. The van der Waals surface area contributed by atoms with Gasteiger partial charge < -0.3 is 0 Å². The minimum atomic E-state index is -4.57. The molecule has 3 rings (SSSR count). The van der Waals surface area contributed by atoms with Crippen molar-refractivity contribution in [1.29, 1.82) is 5.26 Å². The highest BCUT2D eigenvalue weighted by Gasteiger charge is 2.42. The van der Waals surface area contributed by atoms with E-state index in [9.17, 15) is 22.8 Å². The first-order valence-corrected chi connectivity index (χ1v) is 9.36. The maximum atomic E-state index is 13.4. The summed E-state index contributed by atoms with van der Waals surface area (Å²) < 4.78 is 40.0. The second-order valence-corrected chi connectivity index (χ2v) is 7.35. The molecule has 160 valence electrons. The second kappa shape index (κ2) is 8.22. The lowest BCUT2D eigenvalue weighted by molar-refractivity contribution is -0.137. The Morgan fingerprint density at radius 3 is 2.42 bits per heavy atom. The zero-order chi connectivity index (χ0) is 22.9. The molecule has 1 aliphatic heterocycles. The van der Waals surface area contributed by atoms with E-state index in [0.29, 0.717) is 11.3 Å². The molecule has 0 radical (unpaired) electrons. The molecule has 0 saturated carbocycles. The Balaban J connectivity index is 2.13. The Morgan fingerprint density at radius 2 is 1.84 bits per heavy atom. The molecule has 2 aromatic carbocycles. The summed E-state index contributed by atoms with van der Waals surface area (Å²) in [7, 11) is 0. The third-order valence-corrected chi connectivity index (χ3v) is 4.86. The van der Waals surface area contributed by atoms with Crippen LogP contribution in [0.1, 0.15) is 41.5 Å². The fraction of sp³-hybridized carbons (Fsp3) is 0.273. The van der Waals surface area contributed by atoms with Gasteiger partial charge in [-0.1, -0.05) is 12.1 Å². The van der Waals surface area contributed by atoms with Crippen molar-refractivity contribution in [3.05, 3.63) is 58.7 Å². The summed E-state index contributed by atoms with van der Waals surface area (Å²) in [6.45, 7) is 5.17. The van der Waals surface area contributed by atoms with E-state index in [1.54, 1.807) is 18.2 Å². The number of aryl methyl sites for hydroxylation is 2. The van der Waals surface area contributed by atoms with Crippen LogP contribution >= 0.6 is 0 Å². The highest BCUT2D eigenvalue weighted by molar-refractivity contribution is 6.22. The topological polar surface area (TPSA) is 85.6 Å². The third kappa shape index (κ3) is 4.43. The normalized spacial score (nSPS) is 16.2. The number of hydrazone groups is 1. The molecule has 6 nitrogen and oxygen atoms in total. The quantitative estimate of drug-likeness (QED) is 0.575. The fourth-order valence-electron chi connectivity index (χ4n) is 3.61. The number of nitriles is 1.